The van der Waals surface area contributed by atoms with Crippen LogP contribution in [-0.2, 0) is 0 Å². The van der Waals surface area contributed by atoms with E-state index in [1.54, 1.807) is 14.3 Å². The monoisotopic (exact) mass is 590 g/mol. The maximum absolute atomic E-state index is 2.37. The van der Waals surface area contributed by atoms with Crippen LogP contribution in [0.25, 0.3) is 0 Å². The van der Waals surface area contributed by atoms with Crippen molar-refractivity contribution >= 4 is 53.8 Å². The maximum atomic E-state index is 2.37. The molecule has 0 nitrogen and oxygen atoms in total. The van der Waals surface area contributed by atoms with Gasteiger partial charge in [0.15, 0.2) is 0 Å². The van der Waals surface area contributed by atoms with E-state index in [-0.39, 0.29) is 0 Å². The molecular weight excluding hydrogens is 562 g/mol. The predicted octanol–water partition coefficient (Wildman–Crippen LogP) is 3.99. The second-order valence-electron chi connectivity index (χ2n) is 7.27. The SMILES string of the molecule is c1cc[c]([Sn]([CH2]C[CH2][Sn]([c]2ccccc2)[c]2ccccc2)[c]2ccccc2)cc1. The van der Waals surface area contributed by atoms with Crippen LogP contribution in [0.1, 0.15) is 6.42 Å². The van der Waals surface area contributed by atoms with Crippen LogP contribution >= 0.6 is 0 Å². The van der Waals surface area contributed by atoms with Gasteiger partial charge in [-0.05, 0) is 0 Å². The van der Waals surface area contributed by atoms with Crippen molar-refractivity contribution in [3.05, 3.63) is 121 Å². The van der Waals surface area contributed by atoms with Gasteiger partial charge in [0.2, 0.25) is 0 Å². The van der Waals surface area contributed by atoms with E-state index in [1.807, 2.05) is 0 Å². The van der Waals surface area contributed by atoms with E-state index in [4.69, 9.17) is 0 Å². The number of hydrogen-bond donors (Lipinski definition) is 0. The van der Waals surface area contributed by atoms with Gasteiger partial charge in [0.05, 0.1) is 0 Å². The number of benzene rings is 4. The van der Waals surface area contributed by atoms with Crippen LogP contribution in [0.5, 0.6) is 0 Å². The quantitative estimate of drug-likeness (QED) is 0.274. The number of rotatable bonds is 8. The van der Waals surface area contributed by atoms with Crippen molar-refractivity contribution in [2.45, 2.75) is 15.3 Å². The first kappa shape index (κ1) is 20.7. The molecule has 0 saturated heterocycles. The first-order chi connectivity index (χ1) is 14.4. The summed E-state index contributed by atoms with van der Waals surface area (Å²) < 4.78 is 9.33. The average Bonchev–Trinajstić information content (AvgIpc) is 2.81. The Morgan fingerprint density at radius 2 is 0.586 bits per heavy atom. The van der Waals surface area contributed by atoms with Gasteiger partial charge >= 0.3 is 190 Å². The van der Waals surface area contributed by atoms with Crippen molar-refractivity contribution in [3.63, 3.8) is 0 Å². The van der Waals surface area contributed by atoms with Gasteiger partial charge in [-0.2, -0.15) is 0 Å². The van der Waals surface area contributed by atoms with Crippen LogP contribution in [-0.4, -0.2) is 39.5 Å². The normalized spacial score (nSPS) is 11.1. The zero-order valence-electron chi connectivity index (χ0n) is 16.7. The fourth-order valence-corrected chi connectivity index (χ4v) is 21.8. The van der Waals surface area contributed by atoms with Crippen molar-refractivity contribution in [3.8, 4) is 0 Å². The summed E-state index contributed by atoms with van der Waals surface area (Å²) >= 11 is -3.70. The van der Waals surface area contributed by atoms with E-state index >= 15 is 0 Å². The van der Waals surface area contributed by atoms with Crippen LogP contribution in [0.3, 0.4) is 0 Å². The van der Waals surface area contributed by atoms with Crippen molar-refractivity contribution < 1.29 is 0 Å². The first-order valence-corrected chi connectivity index (χ1v) is 20.1. The van der Waals surface area contributed by atoms with Crippen LogP contribution in [0, 0.1) is 0 Å². The van der Waals surface area contributed by atoms with E-state index in [9.17, 15) is 0 Å². The van der Waals surface area contributed by atoms with E-state index in [1.165, 1.54) is 15.3 Å². The van der Waals surface area contributed by atoms with Gasteiger partial charge in [0.1, 0.15) is 0 Å². The molecule has 4 rings (SSSR count). The molecule has 4 aromatic carbocycles. The van der Waals surface area contributed by atoms with Gasteiger partial charge in [-0.1, -0.05) is 0 Å². The summed E-state index contributed by atoms with van der Waals surface area (Å²) in [6.07, 6.45) is 1.36. The summed E-state index contributed by atoms with van der Waals surface area (Å²) in [6.45, 7) is 0. The second-order valence-corrected chi connectivity index (χ2v) is 22.2. The second kappa shape index (κ2) is 11.0. The molecule has 0 spiro atoms. The molecule has 0 aliphatic heterocycles. The molecule has 2 radical (unpaired) electrons. The van der Waals surface area contributed by atoms with Crippen LogP contribution in [0.15, 0.2) is 121 Å². The van der Waals surface area contributed by atoms with Crippen molar-refractivity contribution in [2.24, 2.45) is 0 Å². The molecule has 0 fully saturated rings. The first-order valence-electron chi connectivity index (χ1n) is 10.3. The van der Waals surface area contributed by atoms with Crippen LogP contribution in [0.4, 0.5) is 0 Å². The van der Waals surface area contributed by atoms with Gasteiger partial charge in [-0.3, -0.25) is 0 Å². The van der Waals surface area contributed by atoms with Gasteiger partial charge < -0.3 is 0 Å². The molecule has 0 atom stereocenters. The Labute approximate surface area is 189 Å². The molecule has 0 saturated carbocycles. The standard InChI is InChI=1S/4C6H5.C3H6.2Sn/c4*1-2-4-6-5-3-1;1-3-2;;/h4*1-5H;1-3H2;;. The molecule has 0 N–H and O–H groups in total. The molecule has 2 heteroatoms. The fraction of sp³-hybridized carbons (Fsp3) is 0.111. The molecule has 0 amide bonds. The van der Waals surface area contributed by atoms with Crippen molar-refractivity contribution in [2.75, 3.05) is 0 Å². The van der Waals surface area contributed by atoms with E-state index in [2.05, 4.69) is 121 Å². The summed E-state index contributed by atoms with van der Waals surface area (Å²) in [5.74, 6) is 0. The Bertz CT molecular complexity index is 808. The van der Waals surface area contributed by atoms with Crippen molar-refractivity contribution in [1.82, 2.24) is 0 Å². The molecule has 0 unspecified atom stereocenters. The Morgan fingerprint density at radius 3 is 0.828 bits per heavy atom. The molecule has 0 aromatic heterocycles. The summed E-state index contributed by atoms with van der Waals surface area (Å²) in [7, 11) is 0. The Kier molecular flexibility index (Phi) is 7.89. The third-order valence-corrected chi connectivity index (χ3v) is 22.0. The van der Waals surface area contributed by atoms with Crippen LogP contribution in [0.2, 0.25) is 8.87 Å². The zero-order chi connectivity index (χ0) is 19.7. The minimum atomic E-state index is -1.85. The molecule has 0 heterocycles. The van der Waals surface area contributed by atoms with Crippen LogP contribution < -0.4 is 14.3 Å². The number of hydrogen-bond acceptors (Lipinski definition) is 0. The fourth-order valence-electron chi connectivity index (χ4n) is 3.91. The molecule has 4 aromatic rings. The molecule has 0 aliphatic carbocycles. The summed E-state index contributed by atoms with van der Waals surface area (Å²) in [6, 6.07) is 45.3. The van der Waals surface area contributed by atoms with Gasteiger partial charge in [0.25, 0.3) is 0 Å². The van der Waals surface area contributed by atoms with Gasteiger partial charge in [-0.15, -0.1) is 0 Å². The van der Waals surface area contributed by atoms with Gasteiger partial charge in [-0.25, -0.2) is 0 Å². The third kappa shape index (κ3) is 5.76. The Morgan fingerprint density at radius 1 is 0.345 bits per heavy atom. The van der Waals surface area contributed by atoms with Gasteiger partial charge in [0, 0.05) is 0 Å². The third-order valence-electron chi connectivity index (χ3n) is 5.34. The van der Waals surface area contributed by atoms with E-state index in [0.29, 0.717) is 0 Å². The predicted molar refractivity (Wildman–Crippen MR) is 130 cm³/mol. The summed E-state index contributed by atoms with van der Waals surface area (Å²) in [5.41, 5.74) is 0. The topological polar surface area (TPSA) is 0 Å². The van der Waals surface area contributed by atoms with E-state index < -0.39 is 39.5 Å². The van der Waals surface area contributed by atoms with E-state index in [0.717, 1.165) is 0 Å². The Hall–Kier alpha value is -1.52. The summed E-state index contributed by atoms with van der Waals surface area (Å²) in [4.78, 5) is 0. The zero-order valence-corrected chi connectivity index (χ0v) is 22.4. The Balaban J connectivity index is 1.53. The minimum absolute atomic E-state index is 1.36. The molecular formula is C27H26Sn2. The summed E-state index contributed by atoms with van der Waals surface area (Å²) in [5, 5.41) is 0. The molecule has 142 valence electrons. The van der Waals surface area contributed by atoms with Crippen molar-refractivity contribution in [1.29, 1.82) is 0 Å². The average molecular weight is 588 g/mol. The molecule has 0 aliphatic rings. The molecule has 29 heavy (non-hydrogen) atoms. The molecule has 0 bridgehead atoms.